The fourth-order valence-corrected chi connectivity index (χ4v) is 2.80. The number of aliphatic hydroxyl groups excluding tert-OH is 1. The molecule has 1 aliphatic rings. The van der Waals surface area contributed by atoms with E-state index in [1.54, 1.807) is 0 Å². The molecule has 0 amide bonds. The van der Waals surface area contributed by atoms with E-state index in [1.807, 2.05) is 0 Å². The van der Waals surface area contributed by atoms with Crippen LogP contribution in [0.4, 0.5) is 0 Å². The Kier molecular flexibility index (Phi) is 13.3. The summed E-state index contributed by atoms with van der Waals surface area (Å²) in [5.41, 5.74) is 0. The van der Waals surface area contributed by atoms with Crippen LogP contribution in [-0.2, 0) is 4.74 Å². The van der Waals surface area contributed by atoms with Gasteiger partial charge in [0.2, 0.25) is 0 Å². The summed E-state index contributed by atoms with van der Waals surface area (Å²) in [6.07, 6.45) is 4.26. The minimum Gasteiger partial charge on any atom is -0.396 e. The second-order valence-corrected chi connectivity index (χ2v) is 5.97. The summed E-state index contributed by atoms with van der Waals surface area (Å²) in [4.78, 5) is 6.99. The Morgan fingerprint density at radius 3 is 2.73 bits per heavy atom. The zero-order valence-corrected chi connectivity index (χ0v) is 16.7. The number of rotatable bonds is 9. The maximum atomic E-state index is 9.14. The molecular weight excluding hydrogens is 393 g/mol. The molecule has 1 heterocycles. The Labute approximate surface area is 152 Å². The Bertz CT molecular complexity index is 291. The van der Waals surface area contributed by atoms with E-state index in [4.69, 9.17) is 14.8 Å². The number of nitrogens with one attached hydrogen (secondary N) is 1. The fourth-order valence-electron chi connectivity index (χ4n) is 2.80. The van der Waals surface area contributed by atoms with Crippen LogP contribution in [0.25, 0.3) is 0 Å². The first-order valence-electron chi connectivity index (χ1n) is 8.39. The molecule has 0 aromatic carbocycles. The lowest BCUT2D eigenvalue weighted by Crippen LogP contribution is -2.41. The molecule has 0 aromatic rings. The zero-order chi connectivity index (χ0) is 15.5. The third-order valence-corrected chi connectivity index (χ3v) is 3.99. The average Bonchev–Trinajstić information content (AvgIpc) is 2.96. The highest BCUT2D eigenvalue weighted by Crippen LogP contribution is 2.14. The van der Waals surface area contributed by atoms with Gasteiger partial charge in [0.05, 0.1) is 6.61 Å². The molecular formula is C16H34IN3O2. The molecule has 1 rings (SSSR count). The lowest BCUT2D eigenvalue weighted by molar-refractivity contribution is 0.181. The van der Waals surface area contributed by atoms with Gasteiger partial charge in [-0.15, -0.1) is 24.0 Å². The molecule has 0 spiro atoms. The lowest BCUT2D eigenvalue weighted by Gasteiger charge is -2.25. The van der Waals surface area contributed by atoms with Crippen LogP contribution in [0.5, 0.6) is 0 Å². The number of nitrogens with zero attached hydrogens (tertiary/aromatic N) is 2. The van der Waals surface area contributed by atoms with Crippen molar-refractivity contribution in [1.29, 1.82) is 0 Å². The van der Waals surface area contributed by atoms with Crippen molar-refractivity contribution in [2.24, 2.45) is 16.8 Å². The standard InChI is InChI=1S/C16H33N3O2.HI/c1-4-6-14(7-9-20)11-18-16(17-5-2)19(3)12-15-8-10-21-13-15;/h14-15,20H,4-13H2,1-3H3,(H,17,18);1H. The van der Waals surface area contributed by atoms with Crippen LogP contribution in [0.2, 0.25) is 0 Å². The van der Waals surface area contributed by atoms with Crippen molar-refractivity contribution in [3.8, 4) is 0 Å². The van der Waals surface area contributed by atoms with Crippen molar-refractivity contribution in [2.45, 2.75) is 39.5 Å². The van der Waals surface area contributed by atoms with Gasteiger partial charge in [-0.2, -0.15) is 0 Å². The quantitative estimate of drug-likeness (QED) is 0.337. The molecule has 5 nitrogen and oxygen atoms in total. The summed E-state index contributed by atoms with van der Waals surface area (Å²) in [5, 5.41) is 12.5. The van der Waals surface area contributed by atoms with Crippen LogP contribution >= 0.6 is 24.0 Å². The summed E-state index contributed by atoms with van der Waals surface area (Å²) in [6, 6.07) is 0. The van der Waals surface area contributed by atoms with Gasteiger partial charge in [-0.3, -0.25) is 4.99 Å². The summed E-state index contributed by atoms with van der Waals surface area (Å²) in [7, 11) is 2.10. The van der Waals surface area contributed by atoms with Gasteiger partial charge in [-0.25, -0.2) is 0 Å². The van der Waals surface area contributed by atoms with Gasteiger partial charge in [-0.05, 0) is 32.1 Å². The number of guanidine groups is 1. The van der Waals surface area contributed by atoms with E-state index in [0.717, 1.165) is 64.5 Å². The predicted octanol–water partition coefficient (Wildman–Crippen LogP) is 2.34. The first-order valence-corrected chi connectivity index (χ1v) is 8.39. The molecule has 2 atom stereocenters. The molecule has 1 aliphatic heterocycles. The summed E-state index contributed by atoms with van der Waals surface area (Å²) < 4.78 is 5.45. The van der Waals surface area contributed by atoms with E-state index < -0.39 is 0 Å². The topological polar surface area (TPSA) is 57.1 Å². The molecule has 132 valence electrons. The number of halogens is 1. The fraction of sp³-hybridized carbons (Fsp3) is 0.938. The predicted molar refractivity (Wildman–Crippen MR) is 103 cm³/mol. The van der Waals surface area contributed by atoms with Crippen LogP contribution < -0.4 is 5.32 Å². The van der Waals surface area contributed by atoms with E-state index in [-0.39, 0.29) is 30.6 Å². The highest BCUT2D eigenvalue weighted by Gasteiger charge is 2.19. The minimum absolute atomic E-state index is 0. The van der Waals surface area contributed by atoms with Crippen LogP contribution in [0.3, 0.4) is 0 Å². The summed E-state index contributed by atoms with van der Waals surface area (Å²) in [5.74, 6) is 2.07. The third kappa shape index (κ3) is 8.53. The van der Waals surface area contributed by atoms with Gasteiger partial charge in [0.1, 0.15) is 0 Å². The van der Waals surface area contributed by atoms with Crippen LogP contribution in [0, 0.1) is 11.8 Å². The molecule has 22 heavy (non-hydrogen) atoms. The summed E-state index contributed by atoms with van der Waals surface area (Å²) >= 11 is 0. The molecule has 0 bridgehead atoms. The number of aliphatic imine (C=N–C) groups is 1. The van der Waals surface area contributed by atoms with E-state index >= 15 is 0 Å². The zero-order valence-electron chi connectivity index (χ0n) is 14.4. The van der Waals surface area contributed by atoms with Crippen molar-refractivity contribution in [3.63, 3.8) is 0 Å². The Morgan fingerprint density at radius 1 is 1.41 bits per heavy atom. The number of aliphatic hydroxyl groups is 1. The van der Waals surface area contributed by atoms with Gasteiger partial charge in [0.15, 0.2) is 5.96 Å². The van der Waals surface area contributed by atoms with E-state index in [2.05, 4.69) is 31.1 Å². The average molecular weight is 427 g/mol. The van der Waals surface area contributed by atoms with Crippen molar-refractivity contribution in [1.82, 2.24) is 10.2 Å². The number of hydrogen-bond donors (Lipinski definition) is 2. The maximum Gasteiger partial charge on any atom is 0.193 e. The highest BCUT2D eigenvalue weighted by atomic mass is 127. The first-order chi connectivity index (χ1) is 10.2. The first kappa shape index (κ1) is 21.9. The van der Waals surface area contributed by atoms with E-state index in [9.17, 15) is 0 Å². The van der Waals surface area contributed by atoms with Gasteiger partial charge in [0, 0.05) is 45.8 Å². The molecule has 0 aromatic heterocycles. The lowest BCUT2D eigenvalue weighted by atomic mass is 10.0. The molecule has 1 fully saturated rings. The maximum absolute atomic E-state index is 9.14. The second kappa shape index (κ2) is 13.4. The Hall–Kier alpha value is -0.0800. The minimum atomic E-state index is 0. The van der Waals surface area contributed by atoms with Crippen LogP contribution in [0.1, 0.15) is 39.5 Å². The van der Waals surface area contributed by atoms with E-state index in [0.29, 0.717) is 11.8 Å². The van der Waals surface area contributed by atoms with Crippen LogP contribution in [0.15, 0.2) is 4.99 Å². The number of hydrogen-bond acceptors (Lipinski definition) is 3. The molecule has 0 radical (unpaired) electrons. The molecule has 2 N–H and O–H groups in total. The monoisotopic (exact) mass is 427 g/mol. The van der Waals surface area contributed by atoms with Gasteiger partial charge in [-0.1, -0.05) is 13.3 Å². The molecule has 0 aliphatic carbocycles. The Morgan fingerprint density at radius 2 is 2.18 bits per heavy atom. The molecule has 1 saturated heterocycles. The third-order valence-electron chi connectivity index (χ3n) is 3.99. The van der Waals surface area contributed by atoms with Crippen LogP contribution in [-0.4, -0.2) is 62.5 Å². The second-order valence-electron chi connectivity index (χ2n) is 5.97. The normalized spacial score (nSPS) is 19.6. The van der Waals surface area contributed by atoms with Crippen molar-refractivity contribution >= 4 is 29.9 Å². The van der Waals surface area contributed by atoms with Gasteiger partial charge in [0.25, 0.3) is 0 Å². The summed E-state index contributed by atoms with van der Waals surface area (Å²) in [6.45, 7) is 8.96. The van der Waals surface area contributed by atoms with E-state index in [1.165, 1.54) is 0 Å². The number of ether oxygens (including phenoxy) is 1. The highest BCUT2D eigenvalue weighted by molar-refractivity contribution is 14.0. The van der Waals surface area contributed by atoms with Crippen molar-refractivity contribution in [2.75, 3.05) is 46.5 Å². The van der Waals surface area contributed by atoms with Crippen molar-refractivity contribution < 1.29 is 9.84 Å². The molecule has 6 heteroatoms. The smallest absolute Gasteiger partial charge is 0.193 e. The van der Waals surface area contributed by atoms with Crippen molar-refractivity contribution in [3.05, 3.63) is 0 Å². The Balaban J connectivity index is 0.00000441. The van der Waals surface area contributed by atoms with Gasteiger partial charge < -0.3 is 20.1 Å². The van der Waals surface area contributed by atoms with Gasteiger partial charge >= 0.3 is 0 Å². The SMILES string of the molecule is CCCC(CCO)CN=C(NCC)N(C)CC1CCOC1.I. The molecule has 0 saturated carbocycles. The molecule has 2 unspecified atom stereocenters. The largest absolute Gasteiger partial charge is 0.396 e.